The number of allylic oxidation sites excluding steroid dienone is 3. The second kappa shape index (κ2) is 11.6. The fraction of sp³-hybridized carbons (Fsp3) is 0.407. The molecule has 1 heterocycles. The molecule has 0 amide bonds. The number of carbonyl (C=O) groups is 4. The molecule has 0 fully saturated rings. The van der Waals surface area contributed by atoms with Crippen molar-refractivity contribution in [2.75, 3.05) is 13.2 Å². The maximum atomic E-state index is 13.0. The molecule has 0 saturated carbocycles. The van der Waals surface area contributed by atoms with Crippen LogP contribution >= 0.6 is 0 Å². The Kier molecular flexibility index (Phi) is 9.17. The zero-order valence-electron chi connectivity index (χ0n) is 21.1. The first kappa shape index (κ1) is 27.6. The van der Waals surface area contributed by atoms with Crippen molar-refractivity contribution in [3.63, 3.8) is 0 Å². The average molecular weight is 484 g/mol. The van der Waals surface area contributed by atoms with Gasteiger partial charge in [0.05, 0.1) is 36.7 Å². The van der Waals surface area contributed by atoms with Crippen LogP contribution in [0.25, 0.3) is 6.08 Å². The lowest BCUT2D eigenvalue weighted by Crippen LogP contribution is -2.32. The van der Waals surface area contributed by atoms with Crippen LogP contribution in [0.1, 0.15) is 65.0 Å². The molecule has 8 heteroatoms. The smallest absolute Gasteiger partial charge is 0.336 e. The van der Waals surface area contributed by atoms with E-state index in [0.717, 1.165) is 0 Å². The van der Waals surface area contributed by atoms with Crippen LogP contribution in [-0.4, -0.2) is 42.0 Å². The lowest BCUT2D eigenvalue weighted by atomic mass is 9.78. The minimum Gasteiger partial charge on any atom is -0.481 e. The summed E-state index contributed by atoms with van der Waals surface area (Å²) in [6.07, 6.45) is 2.61. The predicted molar refractivity (Wildman–Crippen MR) is 131 cm³/mol. The van der Waals surface area contributed by atoms with Crippen molar-refractivity contribution < 1.29 is 33.8 Å². The molecule has 0 atom stereocenters. The maximum absolute atomic E-state index is 13.0. The topological polar surface area (TPSA) is 119 Å². The van der Waals surface area contributed by atoms with E-state index in [9.17, 15) is 19.2 Å². The summed E-state index contributed by atoms with van der Waals surface area (Å²) < 4.78 is 10.6. The lowest BCUT2D eigenvalue weighted by Gasteiger charge is -2.31. The third-order valence-electron chi connectivity index (χ3n) is 5.73. The van der Waals surface area contributed by atoms with E-state index >= 15 is 0 Å². The highest BCUT2D eigenvalue weighted by molar-refractivity contribution is 6.01. The number of aliphatic carboxylic acids is 1. The van der Waals surface area contributed by atoms with E-state index in [-0.39, 0.29) is 36.6 Å². The van der Waals surface area contributed by atoms with E-state index in [4.69, 9.17) is 14.6 Å². The highest BCUT2D eigenvalue weighted by Gasteiger charge is 2.38. The number of carbonyl (C=O) groups excluding carboxylic acids is 3. The van der Waals surface area contributed by atoms with Crippen LogP contribution in [-0.2, 0) is 28.7 Å². The van der Waals surface area contributed by atoms with Gasteiger partial charge in [-0.05, 0) is 44.9 Å². The van der Waals surface area contributed by atoms with Gasteiger partial charge in [-0.1, -0.05) is 44.2 Å². The van der Waals surface area contributed by atoms with Gasteiger partial charge in [0, 0.05) is 16.8 Å². The Morgan fingerprint density at radius 3 is 1.97 bits per heavy atom. The summed E-state index contributed by atoms with van der Waals surface area (Å²) in [6.45, 7) is 10.3. The fourth-order valence-corrected chi connectivity index (χ4v) is 4.05. The van der Waals surface area contributed by atoms with Gasteiger partial charge in [0.1, 0.15) is 0 Å². The van der Waals surface area contributed by atoms with Gasteiger partial charge in [0.2, 0.25) is 0 Å². The summed E-state index contributed by atoms with van der Waals surface area (Å²) in [7, 11) is 0. The number of esters is 2. The number of benzene rings is 1. The molecule has 188 valence electrons. The number of ketones is 1. The van der Waals surface area contributed by atoms with Crippen LogP contribution < -0.4 is 5.32 Å². The molecule has 8 nitrogen and oxygen atoms in total. The molecule has 0 radical (unpaired) electrons. The van der Waals surface area contributed by atoms with E-state index in [1.807, 2.05) is 0 Å². The van der Waals surface area contributed by atoms with Gasteiger partial charge in [-0.2, -0.15) is 0 Å². The molecule has 0 aromatic heterocycles. The number of ether oxygens (including phenoxy) is 2. The summed E-state index contributed by atoms with van der Waals surface area (Å²) >= 11 is 0. The highest BCUT2D eigenvalue weighted by Crippen LogP contribution is 2.41. The second-order valence-electron chi connectivity index (χ2n) is 8.86. The molecule has 0 bridgehead atoms. The molecule has 0 spiro atoms. The van der Waals surface area contributed by atoms with Crippen LogP contribution in [0.4, 0.5) is 0 Å². The molecule has 2 rings (SSSR count). The summed E-state index contributed by atoms with van der Waals surface area (Å²) in [5.41, 5.74) is 1.78. The van der Waals surface area contributed by atoms with Gasteiger partial charge >= 0.3 is 17.9 Å². The molecular formula is C27H33NO7. The fourth-order valence-electron chi connectivity index (χ4n) is 4.05. The summed E-state index contributed by atoms with van der Waals surface area (Å²) in [4.78, 5) is 49.9. The molecule has 35 heavy (non-hydrogen) atoms. The van der Waals surface area contributed by atoms with Crippen LogP contribution in [0.2, 0.25) is 0 Å². The maximum Gasteiger partial charge on any atom is 0.336 e. The Morgan fingerprint density at radius 1 is 0.971 bits per heavy atom. The van der Waals surface area contributed by atoms with Gasteiger partial charge in [0.15, 0.2) is 5.78 Å². The van der Waals surface area contributed by atoms with Crippen LogP contribution in [0.15, 0.2) is 52.9 Å². The minimum atomic E-state index is -1.09. The van der Waals surface area contributed by atoms with Crippen molar-refractivity contribution in [2.24, 2.45) is 5.41 Å². The SMILES string of the molecule is CCOC(=O)C1=C(C)NC(C)=C(C(=O)OCC)C1c1ccccc1/C=C/C(=O)C(C)(C)CC(=O)O. The van der Waals surface area contributed by atoms with Crippen LogP contribution in [0.3, 0.4) is 0 Å². The van der Waals surface area contributed by atoms with Crippen molar-refractivity contribution in [3.8, 4) is 0 Å². The number of rotatable bonds is 10. The van der Waals surface area contributed by atoms with Gasteiger partial charge in [-0.3, -0.25) is 9.59 Å². The van der Waals surface area contributed by atoms with Crippen LogP contribution in [0, 0.1) is 5.41 Å². The molecule has 0 saturated heterocycles. The monoisotopic (exact) mass is 483 g/mol. The molecule has 1 aromatic carbocycles. The van der Waals surface area contributed by atoms with Gasteiger partial charge in [-0.15, -0.1) is 0 Å². The van der Waals surface area contributed by atoms with Crippen molar-refractivity contribution in [1.82, 2.24) is 5.32 Å². The van der Waals surface area contributed by atoms with Crippen LogP contribution in [0.5, 0.6) is 0 Å². The zero-order chi connectivity index (χ0) is 26.3. The first-order valence-electron chi connectivity index (χ1n) is 11.5. The molecule has 0 unspecified atom stereocenters. The Bertz CT molecular complexity index is 1070. The third-order valence-corrected chi connectivity index (χ3v) is 5.73. The summed E-state index contributed by atoms with van der Waals surface area (Å²) in [5.74, 6) is -3.33. The molecule has 0 aliphatic carbocycles. The largest absolute Gasteiger partial charge is 0.481 e. The molecular weight excluding hydrogens is 450 g/mol. The van der Waals surface area contributed by atoms with Gasteiger partial charge < -0.3 is 19.9 Å². The van der Waals surface area contributed by atoms with Crippen molar-refractivity contribution >= 4 is 29.8 Å². The summed E-state index contributed by atoms with van der Waals surface area (Å²) in [6, 6.07) is 7.10. The van der Waals surface area contributed by atoms with E-state index in [1.54, 1.807) is 71.9 Å². The van der Waals surface area contributed by atoms with E-state index in [0.29, 0.717) is 22.5 Å². The standard InChI is InChI=1S/C27H33NO7/c1-7-34-25(32)22-16(3)28-17(4)23(26(33)35-8-2)24(22)19-12-10-9-11-18(19)13-14-20(29)27(5,6)15-21(30)31/h9-14,24,28H,7-8,15H2,1-6H3,(H,30,31)/b14-13+. The summed E-state index contributed by atoms with van der Waals surface area (Å²) in [5, 5.41) is 12.2. The number of hydrogen-bond acceptors (Lipinski definition) is 7. The average Bonchev–Trinajstić information content (AvgIpc) is 2.76. The van der Waals surface area contributed by atoms with Crippen molar-refractivity contribution in [1.29, 1.82) is 0 Å². The van der Waals surface area contributed by atoms with Crippen molar-refractivity contribution in [3.05, 3.63) is 64.0 Å². The van der Waals surface area contributed by atoms with E-state index in [1.165, 1.54) is 6.08 Å². The highest BCUT2D eigenvalue weighted by atomic mass is 16.5. The van der Waals surface area contributed by atoms with Crippen molar-refractivity contribution in [2.45, 2.75) is 53.9 Å². The molecule has 2 N–H and O–H groups in total. The van der Waals surface area contributed by atoms with E-state index < -0.39 is 29.2 Å². The number of nitrogens with one attached hydrogen (secondary N) is 1. The molecule has 1 aliphatic heterocycles. The molecule has 1 aliphatic rings. The third kappa shape index (κ3) is 6.47. The first-order chi connectivity index (χ1) is 16.4. The normalized spacial score (nSPS) is 14.7. The number of carboxylic acids is 1. The Morgan fingerprint density at radius 2 is 1.49 bits per heavy atom. The predicted octanol–water partition coefficient (Wildman–Crippen LogP) is 4.13. The lowest BCUT2D eigenvalue weighted by molar-refractivity contribution is -0.142. The van der Waals surface area contributed by atoms with Gasteiger partial charge in [-0.25, -0.2) is 9.59 Å². The Hall–Kier alpha value is -3.68. The second-order valence-corrected chi connectivity index (χ2v) is 8.86. The van der Waals surface area contributed by atoms with Gasteiger partial charge in [0.25, 0.3) is 0 Å². The number of dihydropyridines is 1. The minimum absolute atomic E-state index is 0.161. The number of hydrogen-bond donors (Lipinski definition) is 2. The Labute approximate surface area is 205 Å². The Balaban J connectivity index is 2.66. The van der Waals surface area contributed by atoms with E-state index in [2.05, 4.69) is 5.32 Å². The first-order valence-corrected chi connectivity index (χ1v) is 11.5. The molecule has 1 aromatic rings. The zero-order valence-corrected chi connectivity index (χ0v) is 21.1. The number of carboxylic acid groups (broad SMARTS) is 1. The quantitative estimate of drug-likeness (QED) is 0.377.